The van der Waals surface area contributed by atoms with Crippen molar-refractivity contribution in [1.29, 1.82) is 0 Å². The molecule has 0 amide bonds. The fourth-order valence-corrected chi connectivity index (χ4v) is 3.14. The van der Waals surface area contributed by atoms with Crippen molar-refractivity contribution >= 4 is 29.0 Å². The first-order valence-corrected chi connectivity index (χ1v) is 8.01. The lowest BCUT2D eigenvalue weighted by molar-refractivity contribution is 0.0794. The third-order valence-corrected chi connectivity index (χ3v) is 4.95. The van der Waals surface area contributed by atoms with E-state index in [1.807, 2.05) is 0 Å². The second kappa shape index (κ2) is 6.64. The zero-order chi connectivity index (χ0) is 15.6. The minimum atomic E-state index is -0.641. The zero-order valence-electron chi connectivity index (χ0n) is 12.3. The third-order valence-electron chi connectivity index (χ3n) is 4.17. The van der Waals surface area contributed by atoms with Gasteiger partial charge in [-0.05, 0) is 43.9 Å². The molecule has 2 rings (SSSR count). The molecule has 0 saturated carbocycles. The van der Waals surface area contributed by atoms with Gasteiger partial charge in [-0.1, -0.05) is 37.0 Å². The van der Waals surface area contributed by atoms with E-state index in [9.17, 15) is 9.18 Å². The average Bonchev–Trinajstić information content (AvgIpc) is 2.91. The van der Waals surface area contributed by atoms with Crippen LogP contribution in [-0.4, -0.2) is 18.9 Å². The molecular formula is C16H20Cl2FNO. The monoisotopic (exact) mass is 331 g/mol. The molecule has 1 fully saturated rings. The van der Waals surface area contributed by atoms with Gasteiger partial charge in [-0.2, -0.15) is 0 Å². The molecular weight excluding hydrogens is 312 g/mol. The highest BCUT2D eigenvalue weighted by Crippen LogP contribution is 2.37. The Labute approximate surface area is 135 Å². The van der Waals surface area contributed by atoms with Crippen LogP contribution in [0.1, 0.15) is 43.5 Å². The van der Waals surface area contributed by atoms with Crippen molar-refractivity contribution < 1.29 is 9.18 Å². The normalized spacial score (nSPS) is 22.0. The van der Waals surface area contributed by atoms with E-state index >= 15 is 0 Å². The first-order chi connectivity index (χ1) is 9.85. The highest BCUT2D eigenvalue weighted by molar-refractivity contribution is 6.42. The predicted molar refractivity (Wildman–Crippen MR) is 84.7 cm³/mol. The predicted octanol–water partition coefficient (Wildman–Crippen LogP) is 4.73. The van der Waals surface area contributed by atoms with Crippen molar-refractivity contribution in [3.05, 3.63) is 33.6 Å². The lowest BCUT2D eigenvalue weighted by Crippen LogP contribution is -2.34. The lowest BCUT2D eigenvalue weighted by atomic mass is 9.75. The van der Waals surface area contributed by atoms with E-state index in [-0.39, 0.29) is 15.8 Å². The van der Waals surface area contributed by atoms with Crippen molar-refractivity contribution in [2.45, 2.75) is 33.1 Å². The van der Waals surface area contributed by atoms with Gasteiger partial charge in [0, 0.05) is 17.5 Å². The van der Waals surface area contributed by atoms with Crippen LogP contribution < -0.4 is 5.32 Å². The number of ketones is 1. The van der Waals surface area contributed by atoms with Crippen LogP contribution in [0, 0.1) is 17.2 Å². The molecule has 1 aromatic carbocycles. The van der Waals surface area contributed by atoms with Gasteiger partial charge in [0.05, 0.1) is 10.0 Å². The van der Waals surface area contributed by atoms with E-state index in [1.165, 1.54) is 12.1 Å². The number of Topliss-reactive ketones (excluding diaryl/α,β-unsaturated/α-hetero) is 1. The maximum Gasteiger partial charge on any atom is 0.170 e. The van der Waals surface area contributed by atoms with Crippen molar-refractivity contribution in [3.63, 3.8) is 0 Å². The molecule has 1 N–H and O–H groups in total. The summed E-state index contributed by atoms with van der Waals surface area (Å²) in [5.74, 6) is -0.149. The molecule has 1 atom stereocenters. The topological polar surface area (TPSA) is 29.1 Å². The quantitative estimate of drug-likeness (QED) is 0.624. The van der Waals surface area contributed by atoms with Gasteiger partial charge in [0.25, 0.3) is 0 Å². The summed E-state index contributed by atoms with van der Waals surface area (Å²) in [5.41, 5.74) is -0.136. The van der Waals surface area contributed by atoms with Crippen LogP contribution >= 0.6 is 23.2 Å². The van der Waals surface area contributed by atoms with Crippen LogP contribution in [0.15, 0.2) is 12.1 Å². The first-order valence-electron chi connectivity index (χ1n) is 7.26. The van der Waals surface area contributed by atoms with Gasteiger partial charge in [0.2, 0.25) is 0 Å². The van der Waals surface area contributed by atoms with E-state index in [0.29, 0.717) is 18.0 Å². The average molecular weight is 332 g/mol. The molecule has 0 aliphatic carbocycles. The molecule has 0 spiro atoms. The summed E-state index contributed by atoms with van der Waals surface area (Å²) in [4.78, 5) is 12.9. The Hall–Kier alpha value is -0.640. The standard InChI is InChI=1S/C16H20Cl2FNO/c1-10(2)3-4-16(5-6-20-9-16)15(21)11-7-12(17)14(18)13(19)8-11/h7-8,10,20H,3-6,9H2,1-2H3. The highest BCUT2D eigenvalue weighted by atomic mass is 35.5. The molecule has 0 bridgehead atoms. The van der Waals surface area contributed by atoms with Crippen LogP contribution in [0.5, 0.6) is 0 Å². The maximum atomic E-state index is 13.7. The molecule has 1 aliphatic heterocycles. The molecule has 1 heterocycles. The van der Waals surface area contributed by atoms with Gasteiger partial charge >= 0.3 is 0 Å². The van der Waals surface area contributed by atoms with Crippen LogP contribution in [0.25, 0.3) is 0 Å². The Morgan fingerprint density at radius 2 is 2.14 bits per heavy atom. The third kappa shape index (κ3) is 3.58. The molecule has 1 aromatic rings. The summed E-state index contributed by atoms with van der Waals surface area (Å²) in [7, 11) is 0. The van der Waals surface area contributed by atoms with Crippen LogP contribution in [0.4, 0.5) is 4.39 Å². The maximum absolute atomic E-state index is 13.7. The smallest absolute Gasteiger partial charge is 0.170 e. The molecule has 1 aliphatic rings. The number of hydrogen-bond acceptors (Lipinski definition) is 2. The lowest BCUT2D eigenvalue weighted by Gasteiger charge is -2.27. The van der Waals surface area contributed by atoms with Gasteiger partial charge < -0.3 is 5.32 Å². The van der Waals surface area contributed by atoms with Crippen molar-refractivity contribution in [1.82, 2.24) is 5.32 Å². The molecule has 21 heavy (non-hydrogen) atoms. The minimum Gasteiger partial charge on any atom is -0.316 e. The largest absolute Gasteiger partial charge is 0.316 e. The molecule has 1 unspecified atom stereocenters. The van der Waals surface area contributed by atoms with Crippen LogP contribution in [0.2, 0.25) is 10.0 Å². The Balaban J connectivity index is 2.30. The Bertz CT molecular complexity index is 516. The van der Waals surface area contributed by atoms with Gasteiger partial charge in [-0.25, -0.2) is 4.39 Å². The van der Waals surface area contributed by atoms with Gasteiger partial charge in [-0.3, -0.25) is 4.79 Å². The zero-order valence-corrected chi connectivity index (χ0v) is 13.8. The SMILES string of the molecule is CC(C)CCC1(C(=O)c2cc(F)c(Cl)c(Cl)c2)CCNC1. The van der Waals surface area contributed by atoms with Crippen LogP contribution in [-0.2, 0) is 0 Å². The van der Waals surface area contributed by atoms with E-state index < -0.39 is 11.2 Å². The fraction of sp³-hybridized carbons (Fsp3) is 0.562. The second-order valence-corrected chi connectivity index (χ2v) is 7.01. The minimum absolute atomic E-state index is 0.0365. The molecule has 5 heteroatoms. The Morgan fingerprint density at radius 1 is 1.43 bits per heavy atom. The highest BCUT2D eigenvalue weighted by Gasteiger charge is 2.41. The molecule has 1 saturated heterocycles. The Kier molecular flexibility index (Phi) is 5.29. The Morgan fingerprint density at radius 3 is 2.67 bits per heavy atom. The van der Waals surface area contributed by atoms with Gasteiger partial charge in [-0.15, -0.1) is 0 Å². The van der Waals surface area contributed by atoms with E-state index in [4.69, 9.17) is 23.2 Å². The second-order valence-electron chi connectivity index (χ2n) is 6.22. The number of nitrogens with one attached hydrogen (secondary N) is 1. The first kappa shape index (κ1) is 16.7. The van der Waals surface area contributed by atoms with E-state index in [2.05, 4.69) is 19.2 Å². The number of benzene rings is 1. The summed E-state index contributed by atoms with van der Waals surface area (Å²) < 4.78 is 13.7. The number of halogens is 3. The number of rotatable bonds is 5. The van der Waals surface area contributed by atoms with Crippen molar-refractivity contribution in [2.24, 2.45) is 11.3 Å². The summed E-state index contributed by atoms with van der Waals surface area (Å²) in [6.07, 6.45) is 2.55. The van der Waals surface area contributed by atoms with Crippen LogP contribution in [0.3, 0.4) is 0 Å². The van der Waals surface area contributed by atoms with E-state index in [0.717, 1.165) is 25.8 Å². The van der Waals surface area contributed by atoms with Crippen molar-refractivity contribution in [3.8, 4) is 0 Å². The van der Waals surface area contributed by atoms with Gasteiger partial charge in [0.15, 0.2) is 5.78 Å². The molecule has 0 aromatic heterocycles. The molecule has 2 nitrogen and oxygen atoms in total. The number of carbonyl (C=O) groups excluding carboxylic acids is 1. The molecule has 0 radical (unpaired) electrons. The fourth-order valence-electron chi connectivity index (χ4n) is 2.82. The summed E-state index contributed by atoms with van der Waals surface area (Å²) in [5, 5.41) is 3.21. The number of hydrogen-bond donors (Lipinski definition) is 1. The van der Waals surface area contributed by atoms with E-state index in [1.54, 1.807) is 0 Å². The summed E-state index contributed by atoms with van der Waals surface area (Å²) >= 11 is 11.6. The number of carbonyl (C=O) groups is 1. The van der Waals surface area contributed by atoms with Crippen molar-refractivity contribution in [2.75, 3.05) is 13.1 Å². The molecule has 116 valence electrons. The summed E-state index contributed by atoms with van der Waals surface area (Å²) in [6, 6.07) is 2.68. The van der Waals surface area contributed by atoms with Gasteiger partial charge in [0.1, 0.15) is 5.82 Å². The summed E-state index contributed by atoms with van der Waals surface area (Å²) in [6.45, 7) is 5.73.